The van der Waals surface area contributed by atoms with Gasteiger partial charge in [-0.25, -0.2) is 4.39 Å². The quantitative estimate of drug-likeness (QED) is 0.648. The van der Waals surface area contributed by atoms with Gasteiger partial charge in [0.2, 0.25) is 0 Å². The molecule has 118 valence electrons. The van der Waals surface area contributed by atoms with Crippen molar-refractivity contribution in [3.8, 4) is 0 Å². The van der Waals surface area contributed by atoms with Crippen LogP contribution in [0.15, 0.2) is 18.2 Å². The number of unbranched alkanes of at least 4 members (excludes halogenated alkanes) is 2. The monoisotopic (exact) mass is 306 g/mol. The van der Waals surface area contributed by atoms with Gasteiger partial charge in [0, 0.05) is 13.6 Å². The fourth-order valence-corrected chi connectivity index (χ4v) is 1.89. The number of amides is 1. The molecule has 2 N–H and O–H groups in total. The Labute approximate surface area is 120 Å². The van der Waals surface area contributed by atoms with E-state index >= 15 is 0 Å². The van der Waals surface area contributed by atoms with Crippen LogP contribution in [0.3, 0.4) is 0 Å². The van der Waals surface area contributed by atoms with Gasteiger partial charge < -0.3 is 10.6 Å². The number of hydrogen-bond acceptors (Lipinski definition) is 2. The molecule has 0 aliphatic rings. The van der Waals surface area contributed by atoms with Crippen molar-refractivity contribution in [1.82, 2.24) is 4.90 Å². The number of alkyl halides is 3. The fourth-order valence-electron chi connectivity index (χ4n) is 1.89. The Morgan fingerprint density at radius 1 is 1.24 bits per heavy atom. The molecule has 1 amide bonds. The lowest BCUT2D eigenvalue weighted by atomic mass is 10.1. The number of nitrogens with two attached hydrogens (primary N) is 1. The van der Waals surface area contributed by atoms with Gasteiger partial charge in [0.1, 0.15) is 5.82 Å². The van der Waals surface area contributed by atoms with Crippen LogP contribution in [0.4, 0.5) is 17.6 Å². The van der Waals surface area contributed by atoms with Crippen LogP contribution in [-0.2, 0) is 6.18 Å². The zero-order valence-electron chi connectivity index (χ0n) is 11.7. The molecule has 3 nitrogen and oxygen atoms in total. The summed E-state index contributed by atoms with van der Waals surface area (Å²) in [7, 11) is 1.44. The highest BCUT2D eigenvalue weighted by Crippen LogP contribution is 2.32. The zero-order valence-corrected chi connectivity index (χ0v) is 11.7. The number of hydrogen-bond donors (Lipinski definition) is 1. The van der Waals surface area contributed by atoms with E-state index in [4.69, 9.17) is 5.73 Å². The number of halogens is 4. The van der Waals surface area contributed by atoms with Crippen LogP contribution in [0, 0.1) is 5.82 Å². The summed E-state index contributed by atoms with van der Waals surface area (Å²) in [4.78, 5) is 13.2. The summed E-state index contributed by atoms with van der Waals surface area (Å²) in [6.07, 6.45) is -2.54. The van der Waals surface area contributed by atoms with Crippen molar-refractivity contribution >= 4 is 5.91 Å². The highest BCUT2D eigenvalue weighted by atomic mass is 19.4. The average molecular weight is 306 g/mol. The molecule has 0 unspecified atom stereocenters. The molecule has 0 saturated carbocycles. The third-order valence-corrected chi connectivity index (χ3v) is 3.08. The van der Waals surface area contributed by atoms with Gasteiger partial charge in [-0.15, -0.1) is 0 Å². The lowest BCUT2D eigenvalue weighted by molar-refractivity contribution is -0.140. The van der Waals surface area contributed by atoms with Crippen molar-refractivity contribution < 1.29 is 22.4 Å². The summed E-state index contributed by atoms with van der Waals surface area (Å²) in [5.74, 6) is -2.28. The lowest BCUT2D eigenvalue weighted by Gasteiger charge is -2.18. The van der Waals surface area contributed by atoms with Gasteiger partial charge in [0.05, 0.1) is 11.1 Å². The summed E-state index contributed by atoms with van der Waals surface area (Å²) in [5, 5.41) is 0. The number of carbonyl (C=O) groups excluding carboxylic acids is 1. The summed E-state index contributed by atoms with van der Waals surface area (Å²) in [6, 6.07) is 2.71. The van der Waals surface area contributed by atoms with Gasteiger partial charge in [0.25, 0.3) is 5.91 Å². The lowest BCUT2D eigenvalue weighted by Crippen LogP contribution is -2.29. The standard InChI is InChI=1S/C14H18F4N2O/c1-20(9-4-2-3-8-19)13(21)10-6-5-7-11(12(10)15)14(16,17)18/h5-7H,2-4,8-9,19H2,1H3. The van der Waals surface area contributed by atoms with E-state index in [1.54, 1.807) is 0 Å². The third-order valence-electron chi connectivity index (χ3n) is 3.08. The predicted molar refractivity (Wildman–Crippen MR) is 71.3 cm³/mol. The molecule has 0 bridgehead atoms. The van der Waals surface area contributed by atoms with Crippen molar-refractivity contribution in [2.45, 2.75) is 25.4 Å². The topological polar surface area (TPSA) is 46.3 Å². The minimum atomic E-state index is -4.82. The zero-order chi connectivity index (χ0) is 16.0. The highest BCUT2D eigenvalue weighted by Gasteiger charge is 2.36. The van der Waals surface area contributed by atoms with Crippen LogP contribution in [0.1, 0.15) is 35.2 Å². The molecule has 7 heteroatoms. The maximum absolute atomic E-state index is 13.8. The Balaban J connectivity index is 2.83. The molecule has 0 radical (unpaired) electrons. The predicted octanol–water partition coefficient (Wildman–Crippen LogP) is 3.05. The molecule has 0 aromatic heterocycles. The first kappa shape index (κ1) is 17.4. The molecule has 21 heavy (non-hydrogen) atoms. The molecule has 0 atom stereocenters. The first-order valence-corrected chi connectivity index (χ1v) is 6.60. The molecule has 1 aromatic carbocycles. The van der Waals surface area contributed by atoms with Crippen LogP contribution in [0.5, 0.6) is 0 Å². The molecule has 1 aromatic rings. The highest BCUT2D eigenvalue weighted by molar-refractivity contribution is 5.94. The summed E-state index contributed by atoms with van der Waals surface area (Å²) in [6.45, 7) is 0.883. The molecule has 1 rings (SSSR count). The van der Waals surface area contributed by atoms with Crippen LogP contribution >= 0.6 is 0 Å². The minimum absolute atomic E-state index is 0.342. The number of carbonyl (C=O) groups is 1. The Bertz CT molecular complexity index is 488. The van der Waals surface area contributed by atoms with Gasteiger partial charge in [-0.1, -0.05) is 12.5 Å². The molecule has 0 spiro atoms. The molecule has 0 fully saturated rings. The van der Waals surface area contributed by atoms with Crippen LogP contribution in [-0.4, -0.2) is 30.9 Å². The number of benzene rings is 1. The van der Waals surface area contributed by atoms with E-state index in [1.807, 2.05) is 0 Å². The Hall–Kier alpha value is -1.63. The third kappa shape index (κ3) is 4.70. The van der Waals surface area contributed by atoms with Crippen LogP contribution < -0.4 is 5.73 Å². The molecule has 0 aliphatic heterocycles. The van der Waals surface area contributed by atoms with E-state index in [1.165, 1.54) is 11.9 Å². The normalized spacial score (nSPS) is 11.5. The van der Waals surface area contributed by atoms with E-state index in [-0.39, 0.29) is 0 Å². The molecule has 0 aliphatic carbocycles. The van der Waals surface area contributed by atoms with Crippen LogP contribution in [0.2, 0.25) is 0 Å². The Kier molecular flexibility index (Phi) is 6.14. The summed E-state index contributed by atoms with van der Waals surface area (Å²) in [5.41, 5.74) is 3.35. The maximum Gasteiger partial charge on any atom is 0.419 e. The molecule has 0 saturated heterocycles. The SMILES string of the molecule is CN(CCCCCN)C(=O)c1cccc(C(F)(F)F)c1F. The number of rotatable bonds is 6. The first-order valence-electron chi connectivity index (χ1n) is 6.60. The molecular formula is C14H18F4N2O. The van der Waals surface area contributed by atoms with Gasteiger partial charge in [-0.2, -0.15) is 13.2 Å². The summed E-state index contributed by atoms with van der Waals surface area (Å²) >= 11 is 0. The Morgan fingerprint density at radius 3 is 2.48 bits per heavy atom. The van der Waals surface area contributed by atoms with Crippen molar-refractivity contribution in [3.05, 3.63) is 35.1 Å². The fraction of sp³-hybridized carbons (Fsp3) is 0.500. The second-order valence-electron chi connectivity index (χ2n) is 4.74. The largest absolute Gasteiger partial charge is 0.419 e. The van der Waals surface area contributed by atoms with E-state index in [9.17, 15) is 22.4 Å². The van der Waals surface area contributed by atoms with Crippen LogP contribution in [0.25, 0.3) is 0 Å². The second-order valence-corrected chi connectivity index (χ2v) is 4.74. The van der Waals surface area contributed by atoms with Crippen molar-refractivity contribution in [1.29, 1.82) is 0 Å². The van der Waals surface area contributed by atoms with E-state index < -0.39 is 29.0 Å². The smallest absolute Gasteiger partial charge is 0.342 e. The van der Waals surface area contributed by atoms with Gasteiger partial charge in [0.15, 0.2) is 0 Å². The molecule has 0 heterocycles. The minimum Gasteiger partial charge on any atom is -0.342 e. The van der Waals surface area contributed by atoms with Gasteiger partial charge >= 0.3 is 6.18 Å². The Morgan fingerprint density at radius 2 is 1.90 bits per heavy atom. The van der Waals surface area contributed by atoms with Gasteiger partial charge in [-0.05, 0) is 31.5 Å². The maximum atomic E-state index is 13.8. The van der Waals surface area contributed by atoms with Crippen molar-refractivity contribution in [2.24, 2.45) is 5.73 Å². The van der Waals surface area contributed by atoms with Gasteiger partial charge in [-0.3, -0.25) is 4.79 Å². The van der Waals surface area contributed by atoms with Crippen molar-refractivity contribution in [2.75, 3.05) is 20.1 Å². The van der Waals surface area contributed by atoms with E-state index in [0.29, 0.717) is 25.6 Å². The second kappa shape index (κ2) is 7.40. The summed E-state index contributed by atoms with van der Waals surface area (Å²) < 4.78 is 51.6. The average Bonchev–Trinajstić information content (AvgIpc) is 2.41. The van der Waals surface area contributed by atoms with E-state index in [2.05, 4.69) is 0 Å². The van der Waals surface area contributed by atoms with E-state index in [0.717, 1.165) is 25.0 Å². The van der Waals surface area contributed by atoms with Crippen molar-refractivity contribution in [3.63, 3.8) is 0 Å². The first-order chi connectivity index (χ1) is 9.79. The number of nitrogens with zero attached hydrogens (tertiary/aromatic N) is 1. The molecular weight excluding hydrogens is 288 g/mol.